The van der Waals surface area contributed by atoms with Gasteiger partial charge >= 0.3 is 0 Å². The number of nitrogens with one attached hydrogen (secondary N) is 2. The van der Waals surface area contributed by atoms with Crippen LogP contribution in [-0.4, -0.2) is 18.1 Å². The Balaban J connectivity index is 2.32. The first kappa shape index (κ1) is 14.0. The summed E-state index contributed by atoms with van der Waals surface area (Å²) >= 11 is 5.74. The monoisotopic (exact) mass is 256 g/mol. The van der Waals surface area contributed by atoms with E-state index in [0.29, 0.717) is 10.7 Å². The molecule has 0 aliphatic carbocycles. The summed E-state index contributed by atoms with van der Waals surface area (Å²) in [5, 5.41) is 3.35. The van der Waals surface area contributed by atoms with Gasteiger partial charge < -0.3 is 5.32 Å². The minimum Gasteiger partial charge on any atom is -0.325 e. The minimum atomic E-state index is -0.319. The van der Waals surface area contributed by atoms with Crippen LogP contribution in [0.15, 0.2) is 24.3 Å². The van der Waals surface area contributed by atoms with Gasteiger partial charge in [-0.3, -0.25) is 9.63 Å². The maximum atomic E-state index is 11.5. The molecule has 2 N–H and O–H groups in total. The second kappa shape index (κ2) is 6.00. The number of benzene rings is 1. The van der Waals surface area contributed by atoms with Gasteiger partial charge in [-0.05, 0) is 45.0 Å². The number of carbonyl (C=O) groups excluding carboxylic acids is 1. The summed E-state index contributed by atoms with van der Waals surface area (Å²) < 4.78 is 0. The van der Waals surface area contributed by atoms with Gasteiger partial charge in [0, 0.05) is 10.7 Å². The van der Waals surface area contributed by atoms with Crippen molar-refractivity contribution in [2.24, 2.45) is 0 Å². The van der Waals surface area contributed by atoms with E-state index in [1.54, 1.807) is 24.3 Å². The summed E-state index contributed by atoms with van der Waals surface area (Å²) in [4.78, 5) is 16.7. The molecular formula is C12H17ClN2O2. The number of halogens is 1. The first-order valence-electron chi connectivity index (χ1n) is 5.33. The van der Waals surface area contributed by atoms with Crippen LogP contribution in [-0.2, 0) is 9.63 Å². The molecule has 0 aromatic heterocycles. The average Bonchev–Trinajstić information content (AvgIpc) is 2.19. The summed E-state index contributed by atoms with van der Waals surface area (Å²) in [6, 6.07) is 6.92. The van der Waals surface area contributed by atoms with E-state index in [-0.39, 0.29) is 18.1 Å². The molecule has 0 heterocycles. The van der Waals surface area contributed by atoms with Crippen molar-refractivity contribution in [3.8, 4) is 0 Å². The van der Waals surface area contributed by atoms with Gasteiger partial charge in [0.05, 0.1) is 5.60 Å². The molecule has 94 valence electrons. The number of hydroxylamine groups is 1. The van der Waals surface area contributed by atoms with Gasteiger partial charge in [0.2, 0.25) is 5.91 Å². The van der Waals surface area contributed by atoms with Crippen molar-refractivity contribution >= 4 is 23.2 Å². The number of amides is 1. The summed E-state index contributed by atoms with van der Waals surface area (Å²) in [5.41, 5.74) is 3.01. The van der Waals surface area contributed by atoms with Crippen LogP contribution in [0.1, 0.15) is 20.8 Å². The van der Waals surface area contributed by atoms with Crippen molar-refractivity contribution in [1.29, 1.82) is 0 Å². The highest BCUT2D eigenvalue weighted by atomic mass is 35.5. The van der Waals surface area contributed by atoms with Crippen molar-refractivity contribution in [2.45, 2.75) is 26.4 Å². The first-order chi connectivity index (χ1) is 7.87. The van der Waals surface area contributed by atoms with E-state index < -0.39 is 0 Å². The Kier molecular flexibility index (Phi) is 4.93. The Morgan fingerprint density at radius 1 is 1.29 bits per heavy atom. The van der Waals surface area contributed by atoms with Gasteiger partial charge in [0.1, 0.15) is 6.54 Å². The molecule has 0 saturated carbocycles. The van der Waals surface area contributed by atoms with E-state index in [2.05, 4.69) is 10.8 Å². The summed E-state index contributed by atoms with van der Waals surface area (Å²) in [6.45, 7) is 5.80. The molecule has 1 amide bonds. The second-order valence-corrected chi connectivity index (χ2v) is 5.03. The zero-order chi connectivity index (χ0) is 12.9. The molecule has 0 spiro atoms. The summed E-state index contributed by atoms with van der Waals surface area (Å²) in [5.74, 6) is -0.170. The van der Waals surface area contributed by atoms with E-state index in [1.165, 1.54) is 0 Å². The Bertz CT molecular complexity index is 371. The molecule has 17 heavy (non-hydrogen) atoms. The van der Waals surface area contributed by atoms with Gasteiger partial charge in [-0.15, -0.1) is 0 Å². The van der Waals surface area contributed by atoms with Crippen LogP contribution in [0, 0.1) is 0 Å². The number of carbonyl (C=O) groups is 1. The Morgan fingerprint density at radius 2 is 1.88 bits per heavy atom. The van der Waals surface area contributed by atoms with E-state index >= 15 is 0 Å². The number of rotatable bonds is 4. The third-order valence-electron chi connectivity index (χ3n) is 1.74. The molecule has 4 nitrogen and oxygen atoms in total. The number of anilines is 1. The lowest BCUT2D eigenvalue weighted by Crippen LogP contribution is -2.34. The van der Waals surface area contributed by atoms with Crippen molar-refractivity contribution in [3.63, 3.8) is 0 Å². The topological polar surface area (TPSA) is 50.4 Å². The highest BCUT2D eigenvalue weighted by Gasteiger charge is 2.11. The summed E-state index contributed by atoms with van der Waals surface area (Å²) in [6.07, 6.45) is 0. The average molecular weight is 257 g/mol. The van der Waals surface area contributed by atoms with Crippen LogP contribution in [0.5, 0.6) is 0 Å². The fraction of sp³-hybridized carbons (Fsp3) is 0.417. The van der Waals surface area contributed by atoms with Crippen LogP contribution >= 0.6 is 11.6 Å². The summed E-state index contributed by atoms with van der Waals surface area (Å²) in [7, 11) is 0. The van der Waals surface area contributed by atoms with Crippen molar-refractivity contribution in [3.05, 3.63) is 29.3 Å². The third-order valence-corrected chi connectivity index (χ3v) is 1.99. The third kappa shape index (κ3) is 6.26. The quantitative estimate of drug-likeness (QED) is 0.815. The standard InChI is InChI=1S/C12H17ClN2O2/c1-12(2,3)17-14-8-11(16)15-10-6-4-9(13)5-7-10/h4-7,14H,8H2,1-3H3,(H,15,16). The minimum absolute atomic E-state index is 0.0971. The number of hydrogen-bond acceptors (Lipinski definition) is 3. The first-order valence-corrected chi connectivity index (χ1v) is 5.71. The molecule has 0 bridgehead atoms. The smallest absolute Gasteiger partial charge is 0.240 e. The van der Waals surface area contributed by atoms with E-state index in [0.717, 1.165) is 0 Å². The van der Waals surface area contributed by atoms with Gasteiger partial charge in [0.25, 0.3) is 0 Å². The zero-order valence-electron chi connectivity index (χ0n) is 10.2. The molecule has 0 unspecified atom stereocenters. The Labute approximate surface area is 106 Å². The van der Waals surface area contributed by atoms with Crippen LogP contribution in [0.3, 0.4) is 0 Å². The van der Waals surface area contributed by atoms with Crippen LogP contribution < -0.4 is 10.8 Å². The Hall–Kier alpha value is -1.10. The SMILES string of the molecule is CC(C)(C)ONCC(=O)Nc1ccc(Cl)cc1. The maximum absolute atomic E-state index is 11.5. The largest absolute Gasteiger partial charge is 0.325 e. The van der Waals surface area contributed by atoms with Gasteiger partial charge in [0.15, 0.2) is 0 Å². The maximum Gasteiger partial charge on any atom is 0.240 e. The predicted molar refractivity (Wildman–Crippen MR) is 68.9 cm³/mol. The highest BCUT2D eigenvalue weighted by Crippen LogP contribution is 2.13. The molecule has 0 atom stereocenters. The lowest BCUT2D eigenvalue weighted by Gasteiger charge is -2.19. The molecule has 0 radical (unpaired) electrons. The molecular weight excluding hydrogens is 240 g/mol. The van der Waals surface area contributed by atoms with Gasteiger partial charge in [-0.1, -0.05) is 11.6 Å². The predicted octanol–water partition coefficient (Wildman–Crippen LogP) is 2.60. The van der Waals surface area contributed by atoms with Crippen LogP contribution in [0.25, 0.3) is 0 Å². The Morgan fingerprint density at radius 3 is 2.41 bits per heavy atom. The van der Waals surface area contributed by atoms with Crippen molar-refractivity contribution in [2.75, 3.05) is 11.9 Å². The molecule has 0 saturated heterocycles. The van der Waals surface area contributed by atoms with Crippen LogP contribution in [0.4, 0.5) is 5.69 Å². The van der Waals surface area contributed by atoms with Gasteiger partial charge in [-0.2, -0.15) is 5.48 Å². The normalized spacial score (nSPS) is 11.3. The molecule has 0 fully saturated rings. The molecule has 5 heteroatoms. The molecule has 1 aromatic rings. The second-order valence-electron chi connectivity index (χ2n) is 4.59. The fourth-order valence-electron chi connectivity index (χ4n) is 1.06. The lowest BCUT2D eigenvalue weighted by molar-refractivity contribution is -0.122. The van der Waals surface area contributed by atoms with Crippen molar-refractivity contribution in [1.82, 2.24) is 5.48 Å². The van der Waals surface area contributed by atoms with E-state index in [1.807, 2.05) is 20.8 Å². The van der Waals surface area contributed by atoms with Gasteiger partial charge in [-0.25, -0.2) is 0 Å². The lowest BCUT2D eigenvalue weighted by atomic mass is 10.2. The zero-order valence-corrected chi connectivity index (χ0v) is 11.0. The molecule has 1 rings (SSSR count). The fourth-order valence-corrected chi connectivity index (χ4v) is 1.18. The van der Waals surface area contributed by atoms with Crippen LogP contribution in [0.2, 0.25) is 5.02 Å². The van der Waals surface area contributed by atoms with E-state index in [9.17, 15) is 4.79 Å². The number of hydrogen-bond donors (Lipinski definition) is 2. The molecule has 0 aliphatic heterocycles. The molecule has 1 aromatic carbocycles. The van der Waals surface area contributed by atoms with Crippen molar-refractivity contribution < 1.29 is 9.63 Å². The molecule has 0 aliphatic rings. The van der Waals surface area contributed by atoms with E-state index in [4.69, 9.17) is 16.4 Å². The highest BCUT2D eigenvalue weighted by molar-refractivity contribution is 6.30.